The number of aliphatic hydroxyl groups is 9. The first-order valence-electron chi connectivity index (χ1n) is 26.2. The van der Waals surface area contributed by atoms with E-state index in [1.54, 1.807) is 0 Å². The van der Waals surface area contributed by atoms with E-state index in [9.17, 15) is 84.9 Å². The average Bonchev–Trinajstić information content (AvgIpc) is 3.32. The molecule has 0 aromatic carbocycles. The van der Waals surface area contributed by atoms with Gasteiger partial charge in [0.2, 0.25) is 0 Å². The van der Waals surface area contributed by atoms with E-state index in [-0.39, 0.29) is 12.5 Å². The van der Waals surface area contributed by atoms with Crippen molar-refractivity contribution in [2.75, 3.05) is 123 Å². The molecule has 0 aliphatic carbocycles. The summed E-state index contributed by atoms with van der Waals surface area (Å²) in [6.45, 7) is -3.09. The number of hydrogen-bond acceptors (Lipinski definition) is 21. The van der Waals surface area contributed by atoms with E-state index in [4.69, 9.17) is 13.3 Å². The number of β-amino-alcohol motifs (C(OH)–C–C–N with tert-alkyl or cyclic N) is 3. The van der Waals surface area contributed by atoms with Gasteiger partial charge in [0.15, 0.2) is 0 Å². The summed E-state index contributed by atoms with van der Waals surface area (Å²) in [6.07, 6.45) is 12.8. The zero-order valence-corrected chi connectivity index (χ0v) is 47.9. The smallest absolute Gasteiger partial charge is 0.394 e. The van der Waals surface area contributed by atoms with Gasteiger partial charge in [-0.3, -0.25) is 13.7 Å². The lowest BCUT2D eigenvalue weighted by Crippen LogP contribution is -2.64. The minimum absolute atomic E-state index is 0.120. The highest BCUT2D eigenvalue weighted by Crippen LogP contribution is 2.27. The van der Waals surface area contributed by atoms with Crippen LogP contribution in [0.2, 0.25) is 6.04 Å². The predicted octanol–water partition coefficient (Wildman–Crippen LogP) is -1.22. The van der Waals surface area contributed by atoms with Crippen LogP contribution in [0.15, 0.2) is 0 Å². The van der Waals surface area contributed by atoms with Gasteiger partial charge in [-0.05, 0) is 25.7 Å². The summed E-state index contributed by atoms with van der Waals surface area (Å²) in [4.78, 5) is 0. The third kappa shape index (κ3) is 34.3. The Hall–Kier alpha value is -0.693. The predicted molar refractivity (Wildman–Crippen MR) is 281 cm³/mol. The molecule has 3 unspecified atom stereocenters. The van der Waals surface area contributed by atoms with E-state index in [2.05, 4.69) is 36.8 Å². The van der Waals surface area contributed by atoms with Crippen LogP contribution in [0.4, 0.5) is 0 Å². The molecular formula is C45H99N4O21S3Si+. The number of aliphatic hydroxyl groups excluding tert-OH is 9. The van der Waals surface area contributed by atoms with Crippen LogP contribution in [0, 0.1) is 0 Å². The average molecular weight is 1160 g/mol. The van der Waals surface area contributed by atoms with Gasteiger partial charge in [-0.15, -0.1) is 0 Å². The summed E-state index contributed by atoms with van der Waals surface area (Å²) in [6, 6.07) is -0.120. The van der Waals surface area contributed by atoms with Crippen LogP contribution >= 0.6 is 0 Å². The maximum absolute atomic E-state index is 11.5. The minimum atomic E-state index is -4.67. The topological polar surface area (TPSA) is 409 Å². The van der Waals surface area contributed by atoms with Crippen molar-refractivity contribution in [2.24, 2.45) is 0 Å². The highest BCUT2D eigenvalue weighted by atomic mass is 32.2. The molecule has 0 heterocycles. The summed E-state index contributed by atoms with van der Waals surface area (Å²) in [5.41, 5.74) is -5.72. The molecule has 0 aromatic heterocycles. The van der Waals surface area contributed by atoms with E-state index < -0.39 is 170 Å². The Morgan fingerprint density at radius 1 is 0.432 bits per heavy atom. The molecule has 0 saturated heterocycles. The van der Waals surface area contributed by atoms with Crippen molar-refractivity contribution < 1.29 is 103 Å². The molecular weight excluding hydrogens is 1060 g/mol. The van der Waals surface area contributed by atoms with Gasteiger partial charge in [0.05, 0.1) is 121 Å². The van der Waals surface area contributed by atoms with Crippen LogP contribution in [0.5, 0.6) is 0 Å². The van der Waals surface area contributed by atoms with Gasteiger partial charge >= 0.3 is 8.80 Å². The molecule has 0 fully saturated rings. The standard InChI is InChI=1S/C45H98N4O21S3Si/c1-4-6-8-10-12-14-16-18-21-49(3,22-19-17-15-13-11-9-7-5-2)23-20-24-74(68-37-43(31-50,32-51)46-25-40(56)28-71(59,60)61,69-38-44(33-52,34-53)47-26-41(57)29-72(62,63)64)70-39-45(35-54,36-55)48-27-42(58)30-73(65,66)67/h40-42,46-48,50-58H,4-39H2,1-3H3,(H2-,59,60,61,62,63,64,65,66,67)/p+1. The van der Waals surface area contributed by atoms with Crippen molar-refractivity contribution in [3.8, 4) is 0 Å². The first kappa shape index (κ1) is 73.3. The fourth-order valence-corrected chi connectivity index (χ4v) is 12.7. The molecule has 0 aromatic rings. The van der Waals surface area contributed by atoms with E-state index in [1.165, 1.54) is 38.5 Å². The first-order chi connectivity index (χ1) is 34.6. The number of rotatable bonds is 52. The fraction of sp³-hybridized carbons (Fsp3) is 1.00. The molecule has 15 N–H and O–H groups in total. The van der Waals surface area contributed by atoms with Crippen LogP contribution in [0.25, 0.3) is 0 Å². The summed E-state index contributed by atoms with van der Waals surface area (Å²) in [5.74, 6) is -3.33. The Balaban J connectivity index is 7.47. The van der Waals surface area contributed by atoms with Gasteiger partial charge < -0.3 is 79.7 Å². The third-order valence-electron chi connectivity index (χ3n) is 13.2. The molecule has 0 saturated carbocycles. The molecule has 25 nitrogen and oxygen atoms in total. The lowest BCUT2D eigenvalue weighted by Gasteiger charge is -2.42. The molecule has 446 valence electrons. The molecule has 0 bridgehead atoms. The largest absolute Gasteiger partial charge is 0.501 e. The van der Waals surface area contributed by atoms with Crippen molar-refractivity contribution in [1.82, 2.24) is 16.0 Å². The number of quaternary nitrogens is 1. The maximum atomic E-state index is 11.5. The lowest BCUT2D eigenvalue weighted by molar-refractivity contribution is -0.910. The van der Waals surface area contributed by atoms with Crippen molar-refractivity contribution >= 4 is 39.2 Å². The molecule has 0 aliphatic rings. The normalized spacial score (nSPS) is 15.6. The van der Waals surface area contributed by atoms with E-state index in [0.717, 1.165) is 77.3 Å². The van der Waals surface area contributed by atoms with Crippen molar-refractivity contribution in [3.63, 3.8) is 0 Å². The Bertz CT molecular complexity index is 1590. The van der Waals surface area contributed by atoms with Gasteiger partial charge in [0.25, 0.3) is 30.4 Å². The summed E-state index contributed by atoms with van der Waals surface area (Å²) >= 11 is 0. The van der Waals surface area contributed by atoms with E-state index in [0.29, 0.717) is 11.0 Å². The molecule has 29 heteroatoms. The zero-order chi connectivity index (χ0) is 56.4. The lowest BCUT2D eigenvalue weighted by atomic mass is 10.0. The third-order valence-corrected chi connectivity index (χ3v) is 18.3. The van der Waals surface area contributed by atoms with Gasteiger partial charge in [-0.25, -0.2) is 0 Å². The van der Waals surface area contributed by atoms with Crippen LogP contribution in [-0.4, -0.2) is 256 Å². The number of hydrogen-bond donors (Lipinski definition) is 15. The Morgan fingerprint density at radius 3 is 0.919 bits per heavy atom. The van der Waals surface area contributed by atoms with Crippen LogP contribution in [0.1, 0.15) is 123 Å². The quantitative estimate of drug-likeness (QED) is 0.0147. The van der Waals surface area contributed by atoms with Gasteiger partial charge in [-0.1, -0.05) is 90.9 Å². The van der Waals surface area contributed by atoms with Crippen LogP contribution in [-0.2, 0) is 43.6 Å². The van der Waals surface area contributed by atoms with Crippen molar-refractivity contribution in [1.29, 1.82) is 0 Å². The number of unbranched alkanes of at least 4 members (excludes halogenated alkanes) is 14. The van der Waals surface area contributed by atoms with Crippen molar-refractivity contribution in [2.45, 2.75) is 164 Å². The molecule has 0 aliphatic heterocycles. The first-order valence-corrected chi connectivity index (χ1v) is 32.9. The molecule has 0 spiro atoms. The fourth-order valence-electron chi connectivity index (χ4n) is 8.17. The SMILES string of the molecule is CCCCCCCCCC[N+](C)(CCCCCCCCCC)CCC[Si](OCC(CO)(CO)NCC(O)CS(=O)(=O)O)(OCC(CO)(CO)NCC(O)CS(=O)(=O)O)OCC(CO)(CO)NCC(O)CS(=O)(=O)O. The Kier molecular flexibility index (Phi) is 37.7. The van der Waals surface area contributed by atoms with Gasteiger partial charge in [0.1, 0.15) is 17.3 Å². The van der Waals surface area contributed by atoms with Gasteiger partial charge in [0, 0.05) is 32.1 Å². The molecule has 74 heavy (non-hydrogen) atoms. The van der Waals surface area contributed by atoms with E-state index in [1.807, 2.05) is 0 Å². The van der Waals surface area contributed by atoms with E-state index >= 15 is 0 Å². The molecule has 0 amide bonds. The monoisotopic (exact) mass is 1160 g/mol. The molecule has 0 radical (unpaired) electrons. The Morgan fingerprint density at radius 2 is 0.676 bits per heavy atom. The number of nitrogens with zero attached hydrogens (tertiary/aromatic N) is 1. The number of nitrogens with one attached hydrogen (secondary N) is 3. The highest BCUT2D eigenvalue weighted by molar-refractivity contribution is 7.86. The van der Waals surface area contributed by atoms with Crippen LogP contribution in [0.3, 0.4) is 0 Å². The van der Waals surface area contributed by atoms with Gasteiger partial charge in [-0.2, -0.15) is 25.3 Å². The van der Waals surface area contributed by atoms with Crippen LogP contribution < -0.4 is 16.0 Å². The summed E-state index contributed by atoms with van der Waals surface area (Å²) < 4.78 is 117. The second kappa shape index (κ2) is 38.0. The second-order valence-corrected chi connectivity index (χ2v) is 27.8. The maximum Gasteiger partial charge on any atom is 0.501 e. The highest BCUT2D eigenvalue weighted by Gasteiger charge is 2.49. The Labute approximate surface area is 443 Å². The summed E-state index contributed by atoms with van der Waals surface area (Å²) in [5, 5.41) is 103. The zero-order valence-electron chi connectivity index (χ0n) is 44.4. The molecule has 0 rings (SSSR count). The minimum Gasteiger partial charge on any atom is -0.394 e. The molecule has 3 atom stereocenters. The summed E-state index contributed by atoms with van der Waals surface area (Å²) in [7, 11) is -16.5. The van der Waals surface area contributed by atoms with Crippen molar-refractivity contribution in [3.05, 3.63) is 0 Å². The second-order valence-electron chi connectivity index (χ2n) is 20.5.